The lowest BCUT2D eigenvalue weighted by molar-refractivity contribution is 0.209. The number of urea groups is 1. The van der Waals surface area contributed by atoms with Crippen LogP contribution >= 0.6 is 0 Å². The number of hydrogen-bond acceptors (Lipinski definition) is 2. The fraction of sp³-hybridized carbons (Fsp3) is 0.588. The number of aryl methyl sites for hydroxylation is 1. The first kappa shape index (κ1) is 14.4. The first-order chi connectivity index (χ1) is 10.0. The molecule has 2 aliphatic rings. The maximum atomic E-state index is 12.0. The molecule has 2 amide bonds. The van der Waals surface area contributed by atoms with Gasteiger partial charge in [-0.3, -0.25) is 0 Å². The van der Waals surface area contributed by atoms with Crippen LogP contribution in [0, 0.1) is 6.92 Å². The van der Waals surface area contributed by atoms with E-state index in [1.807, 2.05) is 0 Å². The zero-order chi connectivity index (χ0) is 15.0. The monoisotopic (exact) mass is 287 g/mol. The van der Waals surface area contributed by atoms with E-state index in [9.17, 15) is 4.79 Å². The number of carbonyl (C=O) groups excluding carboxylic acids is 1. The van der Waals surface area contributed by atoms with Crippen LogP contribution in [-0.4, -0.2) is 38.1 Å². The second-order valence-corrected chi connectivity index (χ2v) is 6.72. The Morgan fingerprint density at radius 3 is 2.71 bits per heavy atom. The molecule has 1 heterocycles. The van der Waals surface area contributed by atoms with Crippen molar-refractivity contribution in [3.8, 4) is 0 Å². The fourth-order valence-electron chi connectivity index (χ4n) is 3.83. The van der Waals surface area contributed by atoms with Gasteiger partial charge < -0.3 is 15.5 Å². The number of carbonyl (C=O) groups is 1. The third kappa shape index (κ3) is 2.53. The molecule has 4 nitrogen and oxygen atoms in total. The molecule has 114 valence electrons. The smallest absolute Gasteiger partial charge is 0.317 e. The number of benzene rings is 1. The van der Waals surface area contributed by atoms with Crippen LogP contribution in [0.2, 0.25) is 0 Å². The molecule has 1 saturated heterocycles. The van der Waals surface area contributed by atoms with Gasteiger partial charge in [-0.1, -0.05) is 23.8 Å². The normalized spacial score (nSPS) is 22.9. The van der Waals surface area contributed by atoms with Crippen LogP contribution in [0.5, 0.6) is 0 Å². The largest absolute Gasteiger partial charge is 0.331 e. The molecule has 2 N–H and O–H groups in total. The number of rotatable bonds is 1. The minimum atomic E-state index is -0.00231. The Morgan fingerprint density at radius 2 is 2.05 bits per heavy atom. The van der Waals surface area contributed by atoms with Gasteiger partial charge in [0, 0.05) is 19.5 Å². The van der Waals surface area contributed by atoms with E-state index < -0.39 is 0 Å². The van der Waals surface area contributed by atoms with E-state index in [4.69, 9.17) is 0 Å². The van der Waals surface area contributed by atoms with Crippen LogP contribution in [0.4, 0.5) is 4.79 Å². The van der Waals surface area contributed by atoms with Crippen LogP contribution in [0.25, 0.3) is 0 Å². The number of piperidine rings is 1. The van der Waals surface area contributed by atoms with Gasteiger partial charge in [-0.25, -0.2) is 4.79 Å². The quantitative estimate of drug-likeness (QED) is 0.832. The summed E-state index contributed by atoms with van der Waals surface area (Å²) in [4.78, 5) is 13.7. The Morgan fingerprint density at radius 1 is 1.33 bits per heavy atom. The number of nitrogens with zero attached hydrogens (tertiary/aromatic N) is 1. The molecule has 1 atom stereocenters. The van der Waals surface area contributed by atoms with Gasteiger partial charge in [-0.2, -0.15) is 0 Å². The van der Waals surface area contributed by atoms with Crippen molar-refractivity contribution in [2.75, 3.05) is 27.2 Å². The van der Waals surface area contributed by atoms with Crippen molar-refractivity contribution in [1.29, 1.82) is 0 Å². The van der Waals surface area contributed by atoms with E-state index in [0.29, 0.717) is 0 Å². The first-order valence-electron chi connectivity index (χ1n) is 7.81. The molecule has 21 heavy (non-hydrogen) atoms. The number of hydrogen-bond donors (Lipinski definition) is 2. The van der Waals surface area contributed by atoms with E-state index in [1.54, 1.807) is 19.0 Å². The highest BCUT2D eigenvalue weighted by atomic mass is 16.2. The summed E-state index contributed by atoms with van der Waals surface area (Å²) in [6, 6.07) is 6.85. The third-order valence-corrected chi connectivity index (χ3v) is 5.01. The SMILES string of the molecule is Cc1ccc2c(c1)C1(CCNCC1)C[C@@H]2NC(=O)N(C)C. The summed E-state index contributed by atoms with van der Waals surface area (Å²) in [5, 5.41) is 6.65. The van der Waals surface area contributed by atoms with E-state index in [1.165, 1.54) is 16.7 Å². The number of nitrogens with one attached hydrogen (secondary N) is 2. The highest BCUT2D eigenvalue weighted by molar-refractivity contribution is 5.74. The minimum absolute atomic E-state index is 0.00231. The number of amides is 2. The first-order valence-corrected chi connectivity index (χ1v) is 7.81. The lowest BCUT2D eigenvalue weighted by Crippen LogP contribution is -2.40. The predicted molar refractivity (Wildman–Crippen MR) is 84.5 cm³/mol. The van der Waals surface area contributed by atoms with Gasteiger partial charge in [0.25, 0.3) is 0 Å². The third-order valence-electron chi connectivity index (χ3n) is 5.01. The molecule has 1 spiro atoms. The molecular formula is C17H25N3O. The van der Waals surface area contributed by atoms with Gasteiger partial charge in [0.05, 0.1) is 6.04 Å². The van der Waals surface area contributed by atoms with Crippen molar-refractivity contribution >= 4 is 6.03 Å². The summed E-state index contributed by atoms with van der Waals surface area (Å²) >= 11 is 0. The summed E-state index contributed by atoms with van der Waals surface area (Å²) in [5.41, 5.74) is 4.34. The Kier molecular flexibility index (Phi) is 3.66. The molecule has 1 aliphatic heterocycles. The van der Waals surface area contributed by atoms with Crippen LogP contribution in [0.1, 0.15) is 42.0 Å². The maximum Gasteiger partial charge on any atom is 0.317 e. The molecule has 1 aromatic rings. The molecule has 0 radical (unpaired) electrons. The summed E-state index contributed by atoms with van der Waals surface area (Å²) in [6.45, 7) is 4.30. The van der Waals surface area contributed by atoms with Crippen molar-refractivity contribution in [3.05, 3.63) is 34.9 Å². The van der Waals surface area contributed by atoms with Crippen LogP contribution in [0.3, 0.4) is 0 Å². The Labute approximate surface area is 126 Å². The predicted octanol–water partition coefficient (Wildman–Crippen LogP) is 2.33. The van der Waals surface area contributed by atoms with Gasteiger partial charge in [-0.05, 0) is 50.4 Å². The van der Waals surface area contributed by atoms with Gasteiger partial charge >= 0.3 is 6.03 Å². The van der Waals surface area contributed by atoms with E-state index in [0.717, 1.165) is 32.4 Å². The Bertz CT molecular complexity index is 547. The Balaban J connectivity index is 1.94. The molecule has 1 aromatic carbocycles. The van der Waals surface area contributed by atoms with Crippen molar-refractivity contribution < 1.29 is 4.79 Å². The Hall–Kier alpha value is -1.55. The zero-order valence-electron chi connectivity index (χ0n) is 13.2. The molecule has 0 saturated carbocycles. The molecule has 3 rings (SSSR count). The van der Waals surface area contributed by atoms with E-state index >= 15 is 0 Å². The topological polar surface area (TPSA) is 44.4 Å². The molecular weight excluding hydrogens is 262 g/mol. The fourth-order valence-corrected chi connectivity index (χ4v) is 3.83. The molecule has 1 aliphatic carbocycles. The van der Waals surface area contributed by atoms with Crippen molar-refractivity contribution in [3.63, 3.8) is 0 Å². The minimum Gasteiger partial charge on any atom is -0.331 e. The molecule has 0 unspecified atom stereocenters. The average Bonchev–Trinajstić information content (AvgIpc) is 2.73. The van der Waals surface area contributed by atoms with E-state index in [2.05, 4.69) is 35.8 Å². The molecule has 1 fully saturated rings. The highest BCUT2D eigenvalue weighted by Crippen LogP contribution is 2.50. The molecule has 4 heteroatoms. The van der Waals surface area contributed by atoms with Gasteiger partial charge in [0.15, 0.2) is 0 Å². The maximum absolute atomic E-state index is 12.0. The van der Waals surface area contributed by atoms with Crippen LogP contribution < -0.4 is 10.6 Å². The summed E-state index contributed by atoms with van der Waals surface area (Å²) in [5.74, 6) is 0. The second kappa shape index (κ2) is 5.34. The summed E-state index contributed by atoms with van der Waals surface area (Å²) < 4.78 is 0. The van der Waals surface area contributed by atoms with Crippen LogP contribution in [0.15, 0.2) is 18.2 Å². The van der Waals surface area contributed by atoms with Gasteiger partial charge in [0.2, 0.25) is 0 Å². The highest BCUT2D eigenvalue weighted by Gasteiger charge is 2.44. The molecule has 0 aromatic heterocycles. The number of fused-ring (bicyclic) bond motifs is 2. The van der Waals surface area contributed by atoms with E-state index in [-0.39, 0.29) is 17.5 Å². The molecule has 0 bridgehead atoms. The second-order valence-electron chi connectivity index (χ2n) is 6.72. The lowest BCUT2D eigenvalue weighted by atomic mass is 9.74. The van der Waals surface area contributed by atoms with Gasteiger partial charge in [0.1, 0.15) is 0 Å². The zero-order valence-corrected chi connectivity index (χ0v) is 13.2. The van der Waals surface area contributed by atoms with Crippen molar-refractivity contribution in [1.82, 2.24) is 15.5 Å². The van der Waals surface area contributed by atoms with Crippen molar-refractivity contribution in [2.45, 2.75) is 37.6 Å². The summed E-state index contributed by atoms with van der Waals surface area (Å²) in [7, 11) is 3.58. The lowest BCUT2D eigenvalue weighted by Gasteiger charge is -2.35. The standard InChI is InChI=1S/C17H25N3O/c1-12-4-5-13-14(10-12)17(6-8-18-9-7-17)11-15(13)19-16(21)20(2)3/h4-5,10,15,18H,6-9,11H2,1-3H3,(H,19,21)/t15-/m0/s1. The van der Waals surface area contributed by atoms with Crippen LogP contribution in [-0.2, 0) is 5.41 Å². The summed E-state index contributed by atoms with van der Waals surface area (Å²) in [6.07, 6.45) is 3.36. The van der Waals surface area contributed by atoms with Gasteiger partial charge in [-0.15, -0.1) is 0 Å². The van der Waals surface area contributed by atoms with Crippen molar-refractivity contribution in [2.24, 2.45) is 0 Å². The average molecular weight is 287 g/mol.